The lowest BCUT2D eigenvalue weighted by molar-refractivity contribution is 1.81. The summed E-state index contributed by atoms with van der Waals surface area (Å²) >= 11 is 2.22. The fourth-order valence-corrected chi connectivity index (χ4v) is 11.7. The lowest BCUT2D eigenvalue weighted by Gasteiger charge is -2.04. The smallest absolute Gasteiger partial charge is 0.0286 e. The number of rotatable bonds is 0. The first-order chi connectivity index (χ1) is 3.00. The molecule has 0 aromatic carbocycles. The maximum atomic E-state index is 2.22. The van der Waals surface area contributed by atoms with Crippen LogP contribution in [0.15, 0.2) is 0 Å². The molecule has 0 saturated carbocycles. The first-order valence-electron chi connectivity index (χ1n) is 2.58. The minimum Gasteiger partial charge on any atom is -0.169 e. The van der Waals surface area contributed by atoms with Crippen LogP contribution in [-0.2, 0) is 0 Å². The number of thioether (sulfide) groups is 1. The highest BCUT2D eigenvalue weighted by molar-refractivity contribution is 8.01. The van der Waals surface area contributed by atoms with E-state index in [1.807, 2.05) is 0 Å². The highest BCUT2D eigenvalue weighted by Gasteiger charge is 1.97. The fourth-order valence-electron chi connectivity index (χ4n) is 0.687. The second-order valence-electron chi connectivity index (χ2n) is 1.67. The van der Waals surface area contributed by atoms with Crippen molar-refractivity contribution >= 4 is 30.8 Å². The Bertz CT molecular complexity index is 24.3. The summed E-state index contributed by atoms with van der Waals surface area (Å²) in [6, 6.07) is 0. The van der Waals surface area contributed by atoms with Crippen molar-refractivity contribution in [2.45, 2.75) is 5.67 Å². The second kappa shape index (κ2) is 2.88. The summed E-state index contributed by atoms with van der Waals surface area (Å²) in [5.74, 6) is 0. The average molecular weight is 134 g/mol. The highest BCUT2D eigenvalue weighted by Crippen LogP contribution is 2.03. The van der Waals surface area contributed by atoms with E-state index in [0.717, 1.165) is 0 Å². The van der Waals surface area contributed by atoms with Crippen LogP contribution in [-0.4, -0.2) is 29.8 Å². The average Bonchev–Trinajstić information content (AvgIpc) is 1.72. The maximum Gasteiger partial charge on any atom is 0.0286 e. The summed E-state index contributed by atoms with van der Waals surface area (Å²) in [4.78, 5) is 0. The molecule has 3 heteroatoms. The van der Waals surface area contributed by atoms with Gasteiger partial charge in [0.2, 0.25) is 0 Å². The Morgan fingerprint density at radius 1 is 1.17 bits per heavy atom. The molecule has 0 N–H and O–H groups in total. The van der Waals surface area contributed by atoms with Crippen molar-refractivity contribution in [3.63, 3.8) is 0 Å². The van der Waals surface area contributed by atoms with E-state index in [1.165, 1.54) is 0 Å². The van der Waals surface area contributed by atoms with Crippen LogP contribution in [0.5, 0.6) is 0 Å². The zero-order valence-corrected chi connectivity index (χ0v) is 7.59. The third-order valence-electron chi connectivity index (χ3n) is 1.08. The van der Waals surface area contributed by atoms with E-state index < -0.39 is 0 Å². The third-order valence-corrected chi connectivity index (χ3v) is 9.70. The molecular formula is C3H10SSi2. The molecule has 1 heterocycles. The van der Waals surface area contributed by atoms with Crippen molar-refractivity contribution in [1.29, 1.82) is 0 Å². The van der Waals surface area contributed by atoms with Gasteiger partial charge < -0.3 is 0 Å². The number of hydrogen-bond acceptors (Lipinski definition) is 1. The van der Waals surface area contributed by atoms with Crippen LogP contribution in [0, 0.1) is 0 Å². The van der Waals surface area contributed by atoms with Crippen LogP contribution in [0.25, 0.3) is 0 Å². The van der Waals surface area contributed by atoms with Gasteiger partial charge in [0, 0.05) is 19.0 Å². The molecule has 0 aliphatic carbocycles. The molecule has 0 aromatic heterocycles. The van der Waals surface area contributed by atoms with E-state index in [4.69, 9.17) is 0 Å². The quantitative estimate of drug-likeness (QED) is 0.397. The largest absolute Gasteiger partial charge is 0.169 e. The van der Waals surface area contributed by atoms with Gasteiger partial charge in [0.25, 0.3) is 0 Å². The van der Waals surface area contributed by atoms with E-state index in [9.17, 15) is 0 Å². The molecule has 1 aliphatic rings. The van der Waals surface area contributed by atoms with E-state index in [-0.39, 0.29) is 0 Å². The van der Waals surface area contributed by atoms with Crippen molar-refractivity contribution in [1.82, 2.24) is 0 Å². The van der Waals surface area contributed by atoms with Crippen LogP contribution in [0.4, 0.5) is 0 Å². The molecule has 0 bridgehead atoms. The van der Waals surface area contributed by atoms with E-state index in [2.05, 4.69) is 11.8 Å². The Kier molecular flexibility index (Phi) is 2.36. The van der Waals surface area contributed by atoms with Crippen molar-refractivity contribution in [2.24, 2.45) is 0 Å². The van der Waals surface area contributed by atoms with Crippen LogP contribution in [0.2, 0.25) is 5.67 Å². The zero-order chi connectivity index (χ0) is 4.24. The SMILES string of the molecule is C1[SiH2]CSC[SiH2]1. The predicted molar refractivity (Wildman–Crippen MR) is 39.2 cm³/mol. The normalized spacial score (nSPS) is 32.0. The van der Waals surface area contributed by atoms with Crippen molar-refractivity contribution in [2.75, 3.05) is 10.8 Å². The highest BCUT2D eigenvalue weighted by atomic mass is 32.2. The first-order valence-corrected chi connectivity index (χ1v) is 7.73. The van der Waals surface area contributed by atoms with E-state index in [1.54, 1.807) is 16.4 Å². The maximum absolute atomic E-state index is 2.22. The van der Waals surface area contributed by atoms with Crippen LogP contribution in [0.3, 0.4) is 0 Å². The second-order valence-corrected chi connectivity index (χ2v) is 9.59. The lowest BCUT2D eigenvalue weighted by atomic mass is 11.8. The molecule has 0 nitrogen and oxygen atoms in total. The molecular weight excluding hydrogens is 124 g/mol. The number of hydrogen-bond donors (Lipinski definition) is 0. The molecule has 1 rings (SSSR count). The van der Waals surface area contributed by atoms with Gasteiger partial charge >= 0.3 is 0 Å². The summed E-state index contributed by atoms with van der Waals surface area (Å²) in [6.07, 6.45) is 0. The molecule has 36 valence electrons. The minimum atomic E-state index is 0.533. The van der Waals surface area contributed by atoms with Gasteiger partial charge in [-0.1, -0.05) is 5.67 Å². The van der Waals surface area contributed by atoms with Gasteiger partial charge in [0.15, 0.2) is 0 Å². The van der Waals surface area contributed by atoms with Gasteiger partial charge in [-0.25, -0.2) is 0 Å². The molecule has 0 atom stereocenters. The Hall–Kier alpha value is 0.784. The first kappa shape index (κ1) is 4.93. The molecule has 0 spiro atoms. The Morgan fingerprint density at radius 3 is 2.00 bits per heavy atom. The summed E-state index contributed by atoms with van der Waals surface area (Å²) in [7, 11) is 1.07. The molecule has 6 heavy (non-hydrogen) atoms. The van der Waals surface area contributed by atoms with Gasteiger partial charge in [-0.05, 0) is 10.8 Å². The molecule has 0 radical (unpaired) electrons. The summed E-state index contributed by atoms with van der Waals surface area (Å²) in [5, 5.41) is 3.18. The standard InChI is InChI=1S/C3H10SSi2/c1-4-2-6-3-5-1/h1-3,5-6H2. The van der Waals surface area contributed by atoms with Gasteiger partial charge in [0.05, 0.1) is 0 Å². The molecule has 1 saturated heterocycles. The summed E-state index contributed by atoms with van der Waals surface area (Å²) < 4.78 is 0. The Balaban J connectivity index is 2.00. The zero-order valence-electron chi connectivity index (χ0n) is 3.94. The van der Waals surface area contributed by atoms with Gasteiger partial charge in [-0.2, -0.15) is 11.8 Å². The molecule has 0 unspecified atom stereocenters. The fraction of sp³-hybridized carbons (Fsp3) is 1.00. The van der Waals surface area contributed by atoms with Crippen molar-refractivity contribution in [3.8, 4) is 0 Å². The van der Waals surface area contributed by atoms with Gasteiger partial charge in [0.1, 0.15) is 0 Å². The summed E-state index contributed by atoms with van der Waals surface area (Å²) in [5.41, 5.74) is 1.76. The molecule has 1 aliphatic heterocycles. The Morgan fingerprint density at radius 2 is 1.83 bits per heavy atom. The van der Waals surface area contributed by atoms with Crippen LogP contribution >= 0.6 is 11.8 Å². The lowest BCUT2D eigenvalue weighted by Crippen LogP contribution is -2.10. The topological polar surface area (TPSA) is 0 Å². The predicted octanol–water partition coefficient (Wildman–Crippen LogP) is -0.638. The van der Waals surface area contributed by atoms with Crippen LogP contribution < -0.4 is 0 Å². The van der Waals surface area contributed by atoms with Crippen molar-refractivity contribution in [3.05, 3.63) is 0 Å². The Labute approximate surface area is 47.7 Å². The molecule has 0 amide bonds. The van der Waals surface area contributed by atoms with Crippen molar-refractivity contribution < 1.29 is 0 Å². The van der Waals surface area contributed by atoms with E-state index >= 15 is 0 Å². The summed E-state index contributed by atoms with van der Waals surface area (Å²) in [6.45, 7) is 0. The third kappa shape index (κ3) is 1.49. The minimum absolute atomic E-state index is 0.533. The monoisotopic (exact) mass is 134 g/mol. The molecule has 1 fully saturated rings. The molecule has 0 aromatic rings. The van der Waals surface area contributed by atoms with E-state index in [0.29, 0.717) is 19.0 Å². The van der Waals surface area contributed by atoms with Gasteiger partial charge in [-0.3, -0.25) is 0 Å². The van der Waals surface area contributed by atoms with Gasteiger partial charge in [-0.15, -0.1) is 0 Å². The van der Waals surface area contributed by atoms with Crippen LogP contribution in [0.1, 0.15) is 0 Å².